The van der Waals surface area contributed by atoms with Crippen molar-refractivity contribution in [1.82, 2.24) is 4.90 Å². The highest BCUT2D eigenvalue weighted by Crippen LogP contribution is 2.39. The minimum atomic E-state index is -0.763. The molecule has 1 amide bonds. The molecule has 0 unspecified atom stereocenters. The number of likely N-dealkylation sites (tertiary alicyclic amines) is 1. The van der Waals surface area contributed by atoms with Crippen molar-refractivity contribution in [3.63, 3.8) is 0 Å². The third-order valence-corrected chi connectivity index (χ3v) is 4.36. The van der Waals surface area contributed by atoms with Crippen LogP contribution in [0, 0.1) is 0 Å². The van der Waals surface area contributed by atoms with E-state index in [2.05, 4.69) is 0 Å². The van der Waals surface area contributed by atoms with Crippen molar-refractivity contribution in [3.8, 4) is 5.75 Å². The normalized spacial score (nSPS) is 19.0. The molecule has 0 aliphatic carbocycles. The van der Waals surface area contributed by atoms with E-state index in [1.807, 2.05) is 6.07 Å². The lowest BCUT2D eigenvalue weighted by Gasteiger charge is -2.24. The maximum Gasteiger partial charge on any atom is 0.295 e. The van der Waals surface area contributed by atoms with Crippen LogP contribution in [0.3, 0.4) is 0 Å². The van der Waals surface area contributed by atoms with Crippen LogP contribution in [0.4, 0.5) is 0 Å². The van der Waals surface area contributed by atoms with Gasteiger partial charge in [-0.05, 0) is 29.8 Å². The number of carbonyl (C=O) groups excluding carboxylic acids is 2. The van der Waals surface area contributed by atoms with Gasteiger partial charge in [-0.1, -0.05) is 30.3 Å². The number of methoxy groups -OCH3 is 1. The highest BCUT2D eigenvalue weighted by atomic mass is 16.5. The SMILES string of the molecule is COc1ccc(C(O)=C2C(=O)C(=O)N(CCO)[C@H]2c2ccccc2)cc1. The van der Waals surface area contributed by atoms with Crippen LogP contribution in [0.25, 0.3) is 5.76 Å². The van der Waals surface area contributed by atoms with E-state index in [0.29, 0.717) is 16.9 Å². The summed E-state index contributed by atoms with van der Waals surface area (Å²) in [6.45, 7) is -0.275. The second-order valence-corrected chi connectivity index (χ2v) is 5.86. The molecule has 1 fully saturated rings. The van der Waals surface area contributed by atoms with Gasteiger partial charge in [-0.15, -0.1) is 0 Å². The molecule has 0 radical (unpaired) electrons. The Kier molecular flexibility index (Phi) is 5.04. The monoisotopic (exact) mass is 353 g/mol. The summed E-state index contributed by atoms with van der Waals surface area (Å²) in [6, 6.07) is 14.8. The average molecular weight is 353 g/mol. The molecule has 1 aliphatic heterocycles. The zero-order valence-corrected chi connectivity index (χ0v) is 14.3. The number of nitrogens with zero attached hydrogens (tertiary/aromatic N) is 1. The molecule has 134 valence electrons. The number of rotatable bonds is 5. The van der Waals surface area contributed by atoms with Gasteiger partial charge in [-0.25, -0.2) is 0 Å². The van der Waals surface area contributed by atoms with Crippen LogP contribution in [-0.2, 0) is 9.59 Å². The fraction of sp³-hybridized carbons (Fsp3) is 0.200. The van der Waals surface area contributed by atoms with Crippen molar-refractivity contribution >= 4 is 17.4 Å². The van der Waals surface area contributed by atoms with E-state index >= 15 is 0 Å². The molecule has 0 spiro atoms. The fourth-order valence-corrected chi connectivity index (χ4v) is 3.10. The molecule has 0 bridgehead atoms. The molecule has 2 aromatic rings. The van der Waals surface area contributed by atoms with E-state index in [1.54, 1.807) is 48.5 Å². The highest BCUT2D eigenvalue weighted by molar-refractivity contribution is 6.46. The lowest BCUT2D eigenvalue weighted by Crippen LogP contribution is -2.32. The topological polar surface area (TPSA) is 87.1 Å². The molecule has 0 aromatic heterocycles. The quantitative estimate of drug-likeness (QED) is 0.488. The maximum atomic E-state index is 12.6. The number of Topliss-reactive ketones (excluding diaryl/α,β-unsaturated/α-hetero) is 1. The number of amides is 1. The Morgan fingerprint density at radius 1 is 1.08 bits per heavy atom. The Morgan fingerprint density at radius 3 is 2.31 bits per heavy atom. The fourth-order valence-electron chi connectivity index (χ4n) is 3.10. The van der Waals surface area contributed by atoms with E-state index in [0.717, 1.165) is 0 Å². The smallest absolute Gasteiger partial charge is 0.295 e. The minimum Gasteiger partial charge on any atom is -0.507 e. The first kappa shape index (κ1) is 17.7. The second kappa shape index (κ2) is 7.41. The first-order chi connectivity index (χ1) is 12.6. The summed E-state index contributed by atoms with van der Waals surface area (Å²) in [5.41, 5.74) is 1.11. The Balaban J connectivity index is 2.14. The van der Waals surface area contributed by atoms with Crippen LogP contribution in [0.2, 0.25) is 0 Å². The minimum absolute atomic E-state index is 0.00350. The standard InChI is InChI=1S/C20H19NO5/c1-26-15-9-7-14(8-10-15)18(23)16-17(13-5-3-2-4-6-13)21(11-12-22)20(25)19(16)24/h2-10,17,22-23H,11-12H2,1H3/t17-/m0/s1. The Bertz CT molecular complexity index is 842. The van der Waals surface area contributed by atoms with Gasteiger partial charge in [0.1, 0.15) is 11.5 Å². The van der Waals surface area contributed by atoms with Crippen molar-refractivity contribution in [1.29, 1.82) is 0 Å². The van der Waals surface area contributed by atoms with Gasteiger partial charge in [0.05, 0.1) is 25.3 Å². The van der Waals surface area contributed by atoms with Gasteiger partial charge in [-0.2, -0.15) is 0 Å². The number of benzene rings is 2. The number of carbonyl (C=O) groups is 2. The number of aliphatic hydroxyl groups is 2. The Hall–Kier alpha value is -3.12. The molecular weight excluding hydrogens is 334 g/mol. The Labute approximate surface area is 150 Å². The molecular formula is C20H19NO5. The van der Waals surface area contributed by atoms with E-state index in [4.69, 9.17) is 4.74 Å². The molecule has 1 atom stereocenters. The summed E-state index contributed by atoms with van der Waals surface area (Å²) in [5.74, 6) is -1.13. The summed E-state index contributed by atoms with van der Waals surface area (Å²) in [7, 11) is 1.53. The lowest BCUT2D eigenvalue weighted by molar-refractivity contribution is -0.140. The summed E-state index contributed by atoms with van der Waals surface area (Å²) in [6.07, 6.45) is 0. The van der Waals surface area contributed by atoms with Crippen LogP contribution in [0.5, 0.6) is 5.75 Å². The zero-order valence-electron chi connectivity index (χ0n) is 14.3. The van der Waals surface area contributed by atoms with Crippen molar-refractivity contribution < 1.29 is 24.5 Å². The molecule has 1 heterocycles. The van der Waals surface area contributed by atoms with Gasteiger partial charge in [0.25, 0.3) is 11.7 Å². The first-order valence-electron chi connectivity index (χ1n) is 8.17. The number of ketones is 1. The van der Waals surface area contributed by atoms with Gasteiger partial charge >= 0.3 is 0 Å². The van der Waals surface area contributed by atoms with Crippen molar-refractivity contribution in [3.05, 3.63) is 71.3 Å². The van der Waals surface area contributed by atoms with Crippen LogP contribution in [0.15, 0.2) is 60.2 Å². The van der Waals surface area contributed by atoms with E-state index in [9.17, 15) is 19.8 Å². The lowest BCUT2D eigenvalue weighted by atomic mass is 9.95. The van der Waals surface area contributed by atoms with Crippen molar-refractivity contribution in [2.45, 2.75) is 6.04 Å². The van der Waals surface area contributed by atoms with Gasteiger partial charge in [0, 0.05) is 12.1 Å². The number of ether oxygens (including phenoxy) is 1. The molecule has 26 heavy (non-hydrogen) atoms. The van der Waals surface area contributed by atoms with E-state index < -0.39 is 17.7 Å². The van der Waals surface area contributed by atoms with Crippen LogP contribution in [0.1, 0.15) is 17.2 Å². The number of hydrogen-bond donors (Lipinski definition) is 2. The van der Waals surface area contributed by atoms with Gasteiger partial charge in [-0.3, -0.25) is 9.59 Å². The second-order valence-electron chi connectivity index (χ2n) is 5.86. The van der Waals surface area contributed by atoms with Gasteiger partial charge in [0.2, 0.25) is 0 Å². The van der Waals surface area contributed by atoms with Crippen LogP contribution < -0.4 is 4.74 Å². The van der Waals surface area contributed by atoms with E-state index in [-0.39, 0.29) is 24.5 Å². The molecule has 2 aromatic carbocycles. The molecule has 0 saturated carbocycles. The zero-order chi connectivity index (χ0) is 18.7. The molecule has 1 aliphatic rings. The van der Waals surface area contributed by atoms with E-state index in [1.165, 1.54) is 12.0 Å². The highest BCUT2D eigenvalue weighted by Gasteiger charge is 2.45. The predicted molar refractivity (Wildman–Crippen MR) is 95.5 cm³/mol. The Morgan fingerprint density at radius 2 is 1.73 bits per heavy atom. The summed E-state index contributed by atoms with van der Waals surface area (Å²) in [4.78, 5) is 26.3. The number of β-amino-alcohol motifs (C(OH)–C–C–N with tert-alkyl or cyclic N) is 1. The number of aliphatic hydroxyl groups excluding tert-OH is 2. The maximum absolute atomic E-state index is 12.6. The first-order valence-corrected chi connectivity index (χ1v) is 8.17. The third-order valence-electron chi connectivity index (χ3n) is 4.36. The molecule has 6 nitrogen and oxygen atoms in total. The largest absolute Gasteiger partial charge is 0.507 e. The molecule has 6 heteroatoms. The molecule has 3 rings (SSSR count). The van der Waals surface area contributed by atoms with Crippen LogP contribution in [-0.4, -0.2) is 47.1 Å². The van der Waals surface area contributed by atoms with Gasteiger partial charge < -0.3 is 19.8 Å². The predicted octanol–water partition coefficient (Wildman–Crippen LogP) is 2.11. The third kappa shape index (κ3) is 3.07. The summed E-state index contributed by atoms with van der Waals surface area (Å²) >= 11 is 0. The average Bonchev–Trinajstić information content (AvgIpc) is 2.93. The van der Waals surface area contributed by atoms with Gasteiger partial charge in [0.15, 0.2) is 0 Å². The van der Waals surface area contributed by atoms with Crippen LogP contribution >= 0.6 is 0 Å². The van der Waals surface area contributed by atoms with Crippen molar-refractivity contribution in [2.24, 2.45) is 0 Å². The molecule has 2 N–H and O–H groups in total. The number of hydrogen-bond acceptors (Lipinski definition) is 5. The van der Waals surface area contributed by atoms with Crippen molar-refractivity contribution in [2.75, 3.05) is 20.3 Å². The summed E-state index contributed by atoms with van der Waals surface area (Å²) < 4.78 is 5.10. The molecule has 1 saturated heterocycles. The summed E-state index contributed by atoms with van der Waals surface area (Å²) in [5, 5.41) is 20.1.